The second-order valence-electron chi connectivity index (χ2n) is 4.47. The lowest BCUT2D eigenvalue weighted by atomic mass is 10.1. The quantitative estimate of drug-likeness (QED) is 0.625. The number of carbonyl (C=O) groups excluding carboxylic acids is 1. The second-order valence-corrected chi connectivity index (χ2v) is 4.47. The predicted molar refractivity (Wildman–Crippen MR) is 66.4 cm³/mol. The Morgan fingerprint density at radius 2 is 2.06 bits per heavy atom. The van der Waals surface area contributed by atoms with Gasteiger partial charge in [0, 0.05) is 19.7 Å². The molecule has 0 aliphatic heterocycles. The lowest BCUT2D eigenvalue weighted by Crippen LogP contribution is -2.41. The Balaban J connectivity index is 3.55. The first-order valence-electron chi connectivity index (χ1n) is 6.09. The van der Waals surface area contributed by atoms with E-state index in [0.717, 1.165) is 19.4 Å². The first-order chi connectivity index (χ1) is 7.60. The van der Waals surface area contributed by atoms with Crippen molar-refractivity contribution in [3.8, 4) is 0 Å². The van der Waals surface area contributed by atoms with Gasteiger partial charge in [-0.15, -0.1) is 0 Å². The Kier molecular flexibility index (Phi) is 9.24. The first kappa shape index (κ1) is 15.4. The Morgan fingerprint density at radius 1 is 1.38 bits per heavy atom. The molecule has 0 spiro atoms. The maximum Gasteiger partial charge on any atom is 0.233 e. The molecule has 0 bridgehead atoms. The number of ether oxygens (including phenoxy) is 1. The van der Waals surface area contributed by atoms with Gasteiger partial charge in [-0.05, 0) is 18.8 Å². The van der Waals surface area contributed by atoms with Gasteiger partial charge in [0.15, 0.2) is 0 Å². The van der Waals surface area contributed by atoms with Gasteiger partial charge in [-0.25, -0.2) is 0 Å². The molecule has 0 saturated carbocycles. The highest BCUT2D eigenvalue weighted by Gasteiger charge is 2.07. The molecular formula is C12H26N2O2. The molecule has 16 heavy (non-hydrogen) atoms. The van der Waals surface area contributed by atoms with Crippen molar-refractivity contribution in [3.63, 3.8) is 0 Å². The Hall–Kier alpha value is -0.610. The lowest BCUT2D eigenvalue weighted by molar-refractivity contribution is -0.120. The van der Waals surface area contributed by atoms with E-state index in [-0.39, 0.29) is 11.9 Å². The van der Waals surface area contributed by atoms with Crippen LogP contribution in [0.3, 0.4) is 0 Å². The van der Waals surface area contributed by atoms with Crippen LogP contribution in [0, 0.1) is 5.92 Å². The molecule has 0 fully saturated rings. The molecule has 1 unspecified atom stereocenters. The summed E-state index contributed by atoms with van der Waals surface area (Å²) in [5, 5.41) is 6.06. The highest BCUT2D eigenvalue weighted by molar-refractivity contribution is 5.77. The van der Waals surface area contributed by atoms with Crippen molar-refractivity contribution in [1.29, 1.82) is 0 Å². The fourth-order valence-electron chi connectivity index (χ4n) is 1.32. The van der Waals surface area contributed by atoms with E-state index in [0.29, 0.717) is 19.1 Å². The lowest BCUT2D eigenvalue weighted by Gasteiger charge is -2.15. The van der Waals surface area contributed by atoms with Crippen LogP contribution in [0.4, 0.5) is 0 Å². The van der Waals surface area contributed by atoms with E-state index in [2.05, 4.69) is 31.4 Å². The molecule has 0 aliphatic carbocycles. The van der Waals surface area contributed by atoms with Gasteiger partial charge in [0.1, 0.15) is 0 Å². The van der Waals surface area contributed by atoms with Crippen LogP contribution >= 0.6 is 0 Å². The summed E-state index contributed by atoms with van der Waals surface area (Å²) in [5.41, 5.74) is 0. The van der Waals surface area contributed by atoms with Crippen LogP contribution in [0.15, 0.2) is 0 Å². The molecule has 0 radical (unpaired) electrons. The number of amides is 1. The predicted octanol–water partition coefficient (Wildman–Crippen LogP) is 1.16. The van der Waals surface area contributed by atoms with E-state index in [9.17, 15) is 4.79 Å². The molecule has 2 N–H and O–H groups in total. The van der Waals surface area contributed by atoms with Crippen molar-refractivity contribution in [2.75, 3.05) is 26.8 Å². The van der Waals surface area contributed by atoms with Crippen LogP contribution in [0.1, 0.15) is 33.6 Å². The number of hydrogen-bond acceptors (Lipinski definition) is 3. The maximum absolute atomic E-state index is 11.4. The van der Waals surface area contributed by atoms with Crippen molar-refractivity contribution in [1.82, 2.24) is 10.6 Å². The third kappa shape index (κ3) is 8.68. The molecule has 4 heteroatoms. The zero-order valence-electron chi connectivity index (χ0n) is 11.0. The van der Waals surface area contributed by atoms with Crippen molar-refractivity contribution in [2.45, 2.75) is 39.7 Å². The van der Waals surface area contributed by atoms with Gasteiger partial charge in [-0.1, -0.05) is 20.8 Å². The largest absolute Gasteiger partial charge is 0.383 e. The zero-order chi connectivity index (χ0) is 12.4. The molecule has 1 amide bonds. The standard InChI is InChI=1S/C12H26N2O2/c1-5-11(9-16-4)14-8-12(15)13-7-6-10(2)3/h10-11,14H,5-9H2,1-4H3,(H,13,15). The molecule has 0 rings (SSSR count). The molecule has 0 aliphatic rings. The van der Waals surface area contributed by atoms with Crippen molar-refractivity contribution in [2.24, 2.45) is 5.92 Å². The third-order valence-corrected chi connectivity index (χ3v) is 2.46. The number of rotatable bonds is 9. The first-order valence-corrected chi connectivity index (χ1v) is 6.09. The summed E-state index contributed by atoms with van der Waals surface area (Å²) in [6.07, 6.45) is 1.99. The highest BCUT2D eigenvalue weighted by atomic mass is 16.5. The SMILES string of the molecule is CCC(COC)NCC(=O)NCCC(C)C. The van der Waals surface area contributed by atoms with Crippen LogP contribution in [-0.4, -0.2) is 38.8 Å². The van der Waals surface area contributed by atoms with Crippen LogP contribution in [-0.2, 0) is 9.53 Å². The molecule has 0 aromatic carbocycles. The van der Waals surface area contributed by atoms with E-state index in [1.54, 1.807) is 7.11 Å². The van der Waals surface area contributed by atoms with Gasteiger partial charge in [-0.3, -0.25) is 4.79 Å². The summed E-state index contributed by atoms with van der Waals surface area (Å²) in [4.78, 5) is 11.4. The van der Waals surface area contributed by atoms with Gasteiger partial charge in [-0.2, -0.15) is 0 Å². The van der Waals surface area contributed by atoms with Gasteiger partial charge < -0.3 is 15.4 Å². The normalized spacial score (nSPS) is 12.8. The van der Waals surface area contributed by atoms with Crippen LogP contribution in [0.25, 0.3) is 0 Å². The van der Waals surface area contributed by atoms with Crippen molar-refractivity contribution >= 4 is 5.91 Å². The van der Waals surface area contributed by atoms with Crippen LogP contribution in [0.2, 0.25) is 0 Å². The van der Waals surface area contributed by atoms with E-state index in [4.69, 9.17) is 4.74 Å². The maximum atomic E-state index is 11.4. The average molecular weight is 230 g/mol. The summed E-state index contributed by atoms with van der Waals surface area (Å²) in [6.45, 7) is 8.16. The Labute approximate surface area is 99.1 Å². The summed E-state index contributed by atoms with van der Waals surface area (Å²) in [6, 6.07) is 0.265. The van der Waals surface area contributed by atoms with Gasteiger partial charge in [0.05, 0.1) is 13.2 Å². The van der Waals surface area contributed by atoms with E-state index in [1.165, 1.54) is 0 Å². The monoisotopic (exact) mass is 230 g/mol. The fourth-order valence-corrected chi connectivity index (χ4v) is 1.32. The smallest absolute Gasteiger partial charge is 0.233 e. The summed E-state index contributed by atoms with van der Waals surface area (Å²) in [7, 11) is 1.67. The Morgan fingerprint density at radius 3 is 2.56 bits per heavy atom. The molecule has 0 aromatic heterocycles. The molecular weight excluding hydrogens is 204 g/mol. The molecule has 0 aromatic rings. The number of nitrogens with one attached hydrogen (secondary N) is 2. The van der Waals surface area contributed by atoms with Crippen molar-refractivity contribution < 1.29 is 9.53 Å². The third-order valence-electron chi connectivity index (χ3n) is 2.46. The summed E-state index contributed by atoms with van der Waals surface area (Å²) in [5.74, 6) is 0.695. The molecule has 1 atom stereocenters. The molecule has 0 heterocycles. The summed E-state index contributed by atoms with van der Waals surface area (Å²) < 4.78 is 5.05. The minimum absolute atomic E-state index is 0.0650. The zero-order valence-corrected chi connectivity index (χ0v) is 11.0. The van der Waals surface area contributed by atoms with Gasteiger partial charge >= 0.3 is 0 Å². The molecule has 96 valence electrons. The van der Waals surface area contributed by atoms with E-state index >= 15 is 0 Å². The fraction of sp³-hybridized carbons (Fsp3) is 0.917. The van der Waals surface area contributed by atoms with Crippen LogP contribution < -0.4 is 10.6 Å². The number of methoxy groups -OCH3 is 1. The summed E-state index contributed by atoms with van der Waals surface area (Å²) >= 11 is 0. The van der Waals surface area contributed by atoms with E-state index in [1.807, 2.05) is 0 Å². The van der Waals surface area contributed by atoms with Gasteiger partial charge in [0.2, 0.25) is 5.91 Å². The van der Waals surface area contributed by atoms with Gasteiger partial charge in [0.25, 0.3) is 0 Å². The molecule has 4 nitrogen and oxygen atoms in total. The van der Waals surface area contributed by atoms with E-state index < -0.39 is 0 Å². The minimum atomic E-state index is 0.0650. The number of hydrogen-bond donors (Lipinski definition) is 2. The highest BCUT2D eigenvalue weighted by Crippen LogP contribution is 1.96. The average Bonchev–Trinajstić information content (AvgIpc) is 2.23. The molecule has 0 saturated heterocycles. The number of carbonyl (C=O) groups is 1. The topological polar surface area (TPSA) is 50.4 Å². The van der Waals surface area contributed by atoms with Crippen LogP contribution in [0.5, 0.6) is 0 Å². The van der Waals surface area contributed by atoms with Crippen molar-refractivity contribution in [3.05, 3.63) is 0 Å². The minimum Gasteiger partial charge on any atom is -0.383 e. The Bertz CT molecular complexity index is 184. The second kappa shape index (κ2) is 9.60.